The van der Waals surface area contributed by atoms with E-state index < -0.39 is 5.60 Å². The average molecular weight is 256 g/mol. The van der Waals surface area contributed by atoms with Gasteiger partial charge in [0.1, 0.15) is 0 Å². The Labute approximate surface area is 108 Å². The van der Waals surface area contributed by atoms with Crippen molar-refractivity contribution in [1.82, 2.24) is 10.2 Å². The zero-order chi connectivity index (χ0) is 13.0. The number of carbonyl (C=O) groups excluding carboxylic acids is 1. The Kier molecular flexibility index (Phi) is 4.59. The molecule has 1 amide bonds. The van der Waals surface area contributed by atoms with Gasteiger partial charge in [-0.25, -0.2) is 0 Å². The highest BCUT2D eigenvalue weighted by Gasteiger charge is 2.33. The predicted octanol–water partition coefficient (Wildman–Crippen LogP) is 0.128. The lowest BCUT2D eigenvalue weighted by atomic mass is 9.93. The number of likely N-dealkylation sites (N-methyl/N-ethyl adjacent to an activating group) is 1. The molecule has 0 aromatic heterocycles. The van der Waals surface area contributed by atoms with Crippen LogP contribution in [0, 0.1) is 0 Å². The molecule has 2 fully saturated rings. The Balaban J connectivity index is 1.89. The Morgan fingerprint density at radius 2 is 2.22 bits per heavy atom. The number of ether oxygens (including phenoxy) is 1. The van der Waals surface area contributed by atoms with E-state index in [1.165, 1.54) is 0 Å². The van der Waals surface area contributed by atoms with E-state index in [2.05, 4.69) is 10.2 Å². The zero-order valence-corrected chi connectivity index (χ0v) is 11.2. The van der Waals surface area contributed by atoms with Crippen molar-refractivity contribution in [3.05, 3.63) is 0 Å². The molecule has 1 atom stereocenters. The summed E-state index contributed by atoms with van der Waals surface area (Å²) < 4.78 is 5.29. The Hall–Kier alpha value is -0.650. The van der Waals surface area contributed by atoms with E-state index in [9.17, 15) is 9.90 Å². The molecule has 2 aliphatic heterocycles. The normalized spacial score (nSPS) is 28.8. The van der Waals surface area contributed by atoms with Gasteiger partial charge in [0.2, 0.25) is 5.91 Å². The molecular weight excluding hydrogens is 232 g/mol. The highest BCUT2D eigenvalue weighted by molar-refractivity contribution is 5.76. The quantitative estimate of drug-likeness (QED) is 0.753. The molecule has 2 N–H and O–H groups in total. The van der Waals surface area contributed by atoms with Gasteiger partial charge in [0.15, 0.2) is 0 Å². The van der Waals surface area contributed by atoms with Crippen LogP contribution in [0.2, 0.25) is 0 Å². The highest BCUT2D eigenvalue weighted by Crippen LogP contribution is 2.23. The van der Waals surface area contributed by atoms with Gasteiger partial charge in [0.25, 0.3) is 0 Å². The van der Waals surface area contributed by atoms with Crippen LogP contribution >= 0.6 is 0 Å². The summed E-state index contributed by atoms with van der Waals surface area (Å²) in [4.78, 5) is 13.7. The van der Waals surface area contributed by atoms with Crippen molar-refractivity contribution >= 4 is 5.91 Å². The zero-order valence-electron chi connectivity index (χ0n) is 11.2. The fourth-order valence-corrected chi connectivity index (χ4v) is 2.83. The average Bonchev–Trinajstić information content (AvgIpc) is 2.54. The van der Waals surface area contributed by atoms with Crippen LogP contribution in [0.3, 0.4) is 0 Å². The minimum absolute atomic E-state index is 0.128. The first-order valence-corrected chi connectivity index (χ1v) is 6.86. The molecule has 0 bridgehead atoms. The second-order valence-electron chi connectivity index (χ2n) is 5.60. The van der Waals surface area contributed by atoms with E-state index in [4.69, 9.17) is 4.74 Å². The minimum Gasteiger partial charge on any atom is -0.388 e. The lowest BCUT2D eigenvalue weighted by Crippen LogP contribution is -2.49. The number of carbonyl (C=O) groups is 1. The molecular formula is C13H24N2O3. The molecule has 0 aromatic carbocycles. The second-order valence-corrected chi connectivity index (χ2v) is 5.60. The fraction of sp³-hybridized carbons (Fsp3) is 0.923. The number of hydrogen-bond acceptors (Lipinski definition) is 4. The van der Waals surface area contributed by atoms with Crippen LogP contribution in [-0.2, 0) is 9.53 Å². The molecule has 2 rings (SSSR count). The van der Waals surface area contributed by atoms with Crippen molar-refractivity contribution in [1.29, 1.82) is 0 Å². The van der Waals surface area contributed by atoms with Crippen molar-refractivity contribution in [2.45, 2.75) is 43.7 Å². The maximum absolute atomic E-state index is 11.5. The van der Waals surface area contributed by atoms with Crippen molar-refractivity contribution in [3.8, 4) is 0 Å². The third-order valence-electron chi connectivity index (χ3n) is 4.05. The van der Waals surface area contributed by atoms with Crippen LogP contribution in [0.4, 0.5) is 0 Å². The standard InChI is InChI=1S/C13H24N2O3/c1-15(10-13(17)4-7-18-8-5-13)11-3-2-6-14-12(16)9-11/h11,17H,2-10H2,1H3,(H,14,16). The number of rotatable bonds is 3. The van der Waals surface area contributed by atoms with Gasteiger partial charge in [-0.1, -0.05) is 0 Å². The molecule has 18 heavy (non-hydrogen) atoms. The number of hydrogen-bond donors (Lipinski definition) is 2. The van der Waals surface area contributed by atoms with Gasteiger partial charge in [-0.15, -0.1) is 0 Å². The van der Waals surface area contributed by atoms with E-state index in [1.54, 1.807) is 0 Å². The van der Waals surface area contributed by atoms with E-state index in [1.807, 2.05) is 7.05 Å². The van der Waals surface area contributed by atoms with E-state index >= 15 is 0 Å². The second kappa shape index (κ2) is 5.99. The highest BCUT2D eigenvalue weighted by atomic mass is 16.5. The summed E-state index contributed by atoms with van der Waals surface area (Å²) in [5, 5.41) is 13.4. The smallest absolute Gasteiger partial charge is 0.221 e. The molecule has 5 heteroatoms. The van der Waals surface area contributed by atoms with Crippen molar-refractivity contribution in [3.63, 3.8) is 0 Å². The van der Waals surface area contributed by atoms with Crippen LogP contribution in [0.5, 0.6) is 0 Å². The monoisotopic (exact) mass is 256 g/mol. The summed E-state index contributed by atoms with van der Waals surface area (Å²) in [6.07, 6.45) is 3.96. The van der Waals surface area contributed by atoms with Gasteiger partial charge >= 0.3 is 0 Å². The SMILES string of the molecule is CN(CC1(O)CCOCC1)C1CCCNC(=O)C1. The summed E-state index contributed by atoms with van der Waals surface area (Å²) in [6, 6.07) is 0.249. The maximum Gasteiger partial charge on any atom is 0.221 e. The van der Waals surface area contributed by atoms with E-state index in [0.717, 1.165) is 19.4 Å². The summed E-state index contributed by atoms with van der Waals surface area (Å²) in [6.45, 7) is 2.68. The van der Waals surface area contributed by atoms with Gasteiger partial charge < -0.3 is 20.1 Å². The molecule has 5 nitrogen and oxygen atoms in total. The lowest BCUT2D eigenvalue weighted by molar-refractivity contribution is -0.122. The number of amides is 1. The molecule has 2 aliphatic rings. The third kappa shape index (κ3) is 3.67. The third-order valence-corrected chi connectivity index (χ3v) is 4.05. The molecule has 0 aliphatic carbocycles. The largest absolute Gasteiger partial charge is 0.388 e. The molecule has 2 saturated heterocycles. The van der Waals surface area contributed by atoms with Gasteiger partial charge in [-0.05, 0) is 19.9 Å². The summed E-state index contributed by atoms with van der Waals surface area (Å²) >= 11 is 0. The molecule has 0 aromatic rings. The van der Waals surface area contributed by atoms with E-state index in [0.29, 0.717) is 39.0 Å². The first-order valence-electron chi connectivity index (χ1n) is 6.86. The molecule has 2 heterocycles. The number of aliphatic hydroxyl groups is 1. The molecule has 0 radical (unpaired) electrons. The van der Waals surface area contributed by atoms with Crippen LogP contribution in [0.25, 0.3) is 0 Å². The van der Waals surface area contributed by atoms with E-state index in [-0.39, 0.29) is 11.9 Å². The number of nitrogens with zero attached hydrogens (tertiary/aromatic N) is 1. The minimum atomic E-state index is -0.643. The Bertz CT molecular complexity index is 290. The van der Waals surface area contributed by atoms with Gasteiger partial charge in [-0.3, -0.25) is 4.79 Å². The topological polar surface area (TPSA) is 61.8 Å². The van der Waals surface area contributed by atoms with Gasteiger partial charge in [-0.2, -0.15) is 0 Å². The molecule has 0 saturated carbocycles. The summed E-state index contributed by atoms with van der Waals surface area (Å²) in [7, 11) is 2.01. The molecule has 1 unspecified atom stereocenters. The molecule has 0 spiro atoms. The van der Waals surface area contributed by atoms with Gasteiger partial charge in [0.05, 0.1) is 5.60 Å². The van der Waals surface area contributed by atoms with Crippen LogP contribution in [0.15, 0.2) is 0 Å². The van der Waals surface area contributed by atoms with Crippen LogP contribution in [-0.4, -0.2) is 60.9 Å². The first-order chi connectivity index (χ1) is 8.59. The Morgan fingerprint density at radius 1 is 1.50 bits per heavy atom. The lowest BCUT2D eigenvalue weighted by Gasteiger charge is -2.38. The summed E-state index contributed by atoms with van der Waals surface area (Å²) in [5.74, 6) is 0.128. The van der Waals surface area contributed by atoms with Crippen molar-refractivity contribution < 1.29 is 14.6 Å². The van der Waals surface area contributed by atoms with Crippen molar-refractivity contribution in [2.24, 2.45) is 0 Å². The number of nitrogens with one attached hydrogen (secondary N) is 1. The first kappa shape index (κ1) is 13.8. The van der Waals surface area contributed by atoms with Crippen LogP contribution < -0.4 is 5.32 Å². The van der Waals surface area contributed by atoms with Crippen LogP contribution in [0.1, 0.15) is 32.1 Å². The van der Waals surface area contributed by atoms with Crippen molar-refractivity contribution in [2.75, 3.05) is 33.4 Å². The Morgan fingerprint density at radius 3 is 2.94 bits per heavy atom. The molecule has 104 valence electrons. The van der Waals surface area contributed by atoms with Gasteiger partial charge in [0, 0.05) is 51.6 Å². The predicted molar refractivity (Wildman–Crippen MR) is 68.3 cm³/mol. The maximum atomic E-state index is 11.5. The fourth-order valence-electron chi connectivity index (χ4n) is 2.83. The summed E-state index contributed by atoms with van der Waals surface area (Å²) in [5.41, 5.74) is -0.643.